The predicted molar refractivity (Wildman–Crippen MR) is 301 cm³/mol. The molecule has 0 fully saturated rings. The van der Waals surface area contributed by atoms with E-state index in [0.29, 0.717) is 0 Å². The average Bonchev–Trinajstić information content (AvgIpc) is 3.38. The van der Waals surface area contributed by atoms with Gasteiger partial charge in [0, 0.05) is 40.9 Å². The molecule has 0 aliphatic heterocycles. The molecule has 2 heteroatoms. The standard InChI is InChI=1S/C67H60N2/c1-11-23-53(24-12-2)67-62(32-22-33-64(67)68(10)55-27-16-15-17-28-55)52-39-43-57(44-40-52)69(56-41-37-51(38-42-56)54-36-35-48(7)63(45-54)58(14-4)46(5)13-3)65-34-20-26-49(8)66(65)61-31-21-30-60(50(61)9)59-29-19-18-25-47(59)6/h1,12-45H,3-4H2,2,5-10H3/b24-12-,53-23+,58-46+. The number of benzene rings is 8. The lowest BCUT2D eigenvalue weighted by Crippen LogP contribution is -2.12. The molecule has 8 rings (SSSR count). The minimum absolute atomic E-state index is 0.972. The molecule has 0 spiro atoms. The Labute approximate surface area is 411 Å². The molecule has 338 valence electrons. The largest absolute Gasteiger partial charge is 0.344 e. The fourth-order valence-corrected chi connectivity index (χ4v) is 9.59. The number of anilines is 5. The predicted octanol–water partition coefficient (Wildman–Crippen LogP) is 18.6. The number of allylic oxidation sites excluding steroid dienone is 8. The van der Waals surface area contributed by atoms with Crippen molar-refractivity contribution in [1.82, 2.24) is 0 Å². The van der Waals surface area contributed by atoms with Gasteiger partial charge in [0.2, 0.25) is 0 Å². The van der Waals surface area contributed by atoms with E-state index >= 15 is 0 Å². The molecule has 0 atom stereocenters. The fraction of sp³-hybridized carbons (Fsp3) is 0.104. The summed E-state index contributed by atoms with van der Waals surface area (Å²) in [6.45, 7) is 21.1. The van der Waals surface area contributed by atoms with Crippen LogP contribution in [0.4, 0.5) is 28.4 Å². The van der Waals surface area contributed by atoms with Crippen LogP contribution in [0.5, 0.6) is 0 Å². The quantitative estimate of drug-likeness (QED) is 0.0793. The third kappa shape index (κ3) is 9.60. The van der Waals surface area contributed by atoms with Gasteiger partial charge in [0.25, 0.3) is 0 Å². The highest BCUT2D eigenvalue weighted by molar-refractivity contribution is 5.96. The second-order valence-corrected chi connectivity index (χ2v) is 17.6. The van der Waals surface area contributed by atoms with Gasteiger partial charge in [-0.05, 0) is 186 Å². The van der Waals surface area contributed by atoms with Gasteiger partial charge in [-0.15, -0.1) is 6.42 Å². The van der Waals surface area contributed by atoms with Gasteiger partial charge < -0.3 is 9.80 Å². The first kappa shape index (κ1) is 47.1. The maximum Gasteiger partial charge on any atom is 0.0542 e. The van der Waals surface area contributed by atoms with Gasteiger partial charge in [-0.25, -0.2) is 0 Å². The van der Waals surface area contributed by atoms with Gasteiger partial charge in [0.15, 0.2) is 0 Å². The van der Waals surface area contributed by atoms with Crippen molar-refractivity contribution in [3.8, 4) is 56.9 Å². The summed E-state index contributed by atoms with van der Waals surface area (Å²) in [7, 11) is 2.11. The van der Waals surface area contributed by atoms with Crippen LogP contribution in [0.15, 0.2) is 225 Å². The van der Waals surface area contributed by atoms with Gasteiger partial charge in [-0.3, -0.25) is 0 Å². The molecule has 8 aromatic carbocycles. The van der Waals surface area contributed by atoms with Gasteiger partial charge in [-0.2, -0.15) is 0 Å². The minimum Gasteiger partial charge on any atom is -0.344 e. The topological polar surface area (TPSA) is 6.48 Å². The van der Waals surface area contributed by atoms with Crippen LogP contribution in [0.25, 0.3) is 55.7 Å². The molecule has 0 N–H and O–H groups in total. The van der Waals surface area contributed by atoms with Crippen LogP contribution in [-0.4, -0.2) is 7.05 Å². The molecule has 0 amide bonds. The highest BCUT2D eigenvalue weighted by Crippen LogP contribution is 2.46. The summed E-state index contributed by atoms with van der Waals surface area (Å²) in [5, 5.41) is 0. The number of aryl methyl sites for hydroxylation is 3. The molecule has 0 saturated carbocycles. The molecule has 0 saturated heterocycles. The Morgan fingerprint density at radius 1 is 0.536 bits per heavy atom. The number of hydrogen-bond acceptors (Lipinski definition) is 2. The van der Waals surface area contributed by atoms with Crippen molar-refractivity contribution < 1.29 is 0 Å². The molecule has 0 radical (unpaired) electrons. The summed E-state index contributed by atoms with van der Waals surface area (Å²) >= 11 is 0. The molecule has 0 aromatic heterocycles. The number of nitrogens with zero attached hydrogens (tertiary/aromatic N) is 2. The highest BCUT2D eigenvalue weighted by Gasteiger charge is 2.23. The first-order valence-corrected chi connectivity index (χ1v) is 23.6. The van der Waals surface area contributed by atoms with Crippen LogP contribution in [0.1, 0.15) is 47.2 Å². The maximum absolute atomic E-state index is 6.01. The highest BCUT2D eigenvalue weighted by atomic mass is 15.1. The summed E-state index contributed by atoms with van der Waals surface area (Å²) in [6, 6.07) is 63.6. The smallest absolute Gasteiger partial charge is 0.0542 e. The first-order chi connectivity index (χ1) is 33.6. The van der Waals surface area contributed by atoms with E-state index in [9.17, 15) is 0 Å². The SMILES string of the molecule is C#C/C=C(\C=C/C)c1c(-c2ccc(N(c3ccc(-c4ccc(C)c(/C(C=C)=C(\C)C=C)c4)cc3)c3cccc(C)c3-c3cccc(-c4ccccc4C)c3C)cc2)cccc1N(C)c1ccccc1. The monoisotopic (exact) mass is 892 g/mol. The van der Waals surface area contributed by atoms with Crippen LogP contribution in [-0.2, 0) is 0 Å². The second-order valence-electron chi connectivity index (χ2n) is 17.6. The van der Waals surface area contributed by atoms with Gasteiger partial charge >= 0.3 is 0 Å². The van der Waals surface area contributed by atoms with E-state index in [4.69, 9.17) is 6.42 Å². The lowest BCUT2D eigenvalue weighted by molar-refractivity contribution is 1.20. The lowest BCUT2D eigenvalue weighted by Gasteiger charge is -2.30. The molecule has 69 heavy (non-hydrogen) atoms. The molecule has 8 aromatic rings. The van der Waals surface area contributed by atoms with Crippen molar-refractivity contribution in [3.63, 3.8) is 0 Å². The average molecular weight is 893 g/mol. The van der Waals surface area contributed by atoms with Crippen LogP contribution in [0.3, 0.4) is 0 Å². The van der Waals surface area contributed by atoms with Crippen LogP contribution in [0, 0.1) is 40.0 Å². The summed E-state index contributed by atoms with van der Waals surface area (Å²) < 4.78 is 0. The zero-order chi connectivity index (χ0) is 48.6. The normalized spacial score (nSPS) is 11.8. The molecular weight excluding hydrogens is 833 g/mol. The fourth-order valence-electron chi connectivity index (χ4n) is 9.59. The molecule has 0 aliphatic rings. The van der Waals surface area contributed by atoms with Gasteiger partial charge in [0.1, 0.15) is 0 Å². The van der Waals surface area contributed by atoms with Crippen molar-refractivity contribution in [2.45, 2.75) is 41.5 Å². The summed E-state index contributed by atoms with van der Waals surface area (Å²) in [6.07, 6.45) is 15.9. The Morgan fingerprint density at radius 3 is 1.78 bits per heavy atom. The Hall–Kier alpha value is -8.38. The van der Waals surface area contributed by atoms with E-state index in [1.165, 1.54) is 44.5 Å². The summed E-state index contributed by atoms with van der Waals surface area (Å²) in [5.41, 5.74) is 24.9. The molecule has 0 aliphatic carbocycles. The van der Waals surface area contributed by atoms with Crippen molar-refractivity contribution in [1.29, 1.82) is 0 Å². The first-order valence-electron chi connectivity index (χ1n) is 23.6. The third-order valence-corrected chi connectivity index (χ3v) is 13.3. The molecular formula is C67H60N2. The minimum atomic E-state index is 0.972. The Kier molecular flexibility index (Phi) is 14.4. The van der Waals surface area contributed by atoms with E-state index in [1.54, 1.807) is 0 Å². The van der Waals surface area contributed by atoms with E-state index in [0.717, 1.165) is 78.5 Å². The van der Waals surface area contributed by atoms with Crippen LogP contribution < -0.4 is 9.80 Å². The van der Waals surface area contributed by atoms with Crippen LogP contribution in [0.2, 0.25) is 0 Å². The Morgan fingerprint density at radius 2 is 1.12 bits per heavy atom. The number of rotatable bonds is 14. The van der Waals surface area contributed by atoms with E-state index in [-0.39, 0.29) is 0 Å². The van der Waals surface area contributed by atoms with Crippen molar-refractivity contribution in [3.05, 3.63) is 258 Å². The molecule has 0 unspecified atom stereocenters. The molecule has 0 bridgehead atoms. The van der Waals surface area contributed by atoms with Crippen LogP contribution >= 0.6 is 0 Å². The zero-order valence-corrected chi connectivity index (χ0v) is 41.0. The summed E-state index contributed by atoms with van der Waals surface area (Å²) in [5.74, 6) is 2.82. The third-order valence-electron chi connectivity index (χ3n) is 13.3. The lowest BCUT2D eigenvalue weighted by atomic mass is 9.88. The van der Waals surface area contributed by atoms with Gasteiger partial charge in [-0.1, -0.05) is 165 Å². The molecule has 0 heterocycles. The number of hydrogen-bond donors (Lipinski definition) is 0. The van der Waals surface area contributed by atoms with E-state index in [2.05, 4.69) is 246 Å². The second kappa shape index (κ2) is 21.1. The van der Waals surface area contributed by atoms with E-state index in [1.807, 2.05) is 37.3 Å². The maximum atomic E-state index is 6.01. The zero-order valence-electron chi connectivity index (χ0n) is 41.0. The van der Waals surface area contributed by atoms with Crippen molar-refractivity contribution in [2.75, 3.05) is 16.8 Å². The number of terminal acetylenes is 1. The Balaban J connectivity index is 1.31. The van der Waals surface area contributed by atoms with Crippen molar-refractivity contribution in [2.24, 2.45) is 0 Å². The van der Waals surface area contributed by atoms with Gasteiger partial charge in [0.05, 0.1) is 5.69 Å². The summed E-state index contributed by atoms with van der Waals surface area (Å²) in [4.78, 5) is 4.64. The number of para-hydroxylation sites is 1. The Bertz CT molecular complexity index is 3310. The van der Waals surface area contributed by atoms with E-state index < -0.39 is 0 Å². The molecule has 2 nitrogen and oxygen atoms in total. The van der Waals surface area contributed by atoms with Crippen molar-refractivity contribution >= 4 is 39.6 Å².